The highest BCUT2D eigenvalue weighted by molar-refractivity contribution is 6.31. The maximum Gasteiger partial charge on any atom is 0.251 e. The fourth-order valence-corrected chi connectivity index (χ4v) is 5.21. The number of carbonyl (C=O) groups excluding carboxylic acids is 1. The minimum Gasteiger partial charge on any atom is -0.349 e. The van der Waals surface area contributed by atoms with Crippen LogP contribution >= 0.6 is 11.6 Å². The summed E-state index contributed by atoms with van der Waals surface area (Å²) in [6.45, 7) is 2.13. The molecule has 2 aliphatic rings. The molecular weight excluding hydrogens is 484 g/mol. The third-order valence-corrected chi connectivity index (χ3v) is 7.28. The van der Waals surface area contributed by atoms with Crippen LogP contribution in [0, 0.1) is 11.3 Å². The lowest BCUT2D eigenvalue weighted by atomic mass is 10.1. The van der Waals surface area contributed by atoms with Gasteiger partial charge in [-0.3, -0.25) is 9.78 Å². The Bertz CT molecular complexity index is 1500. The van der Waals surface area contributed by atoms with Gasteiger partial charge in [0.05, 0.1) is 36.9 Å². The highest BCUT2D eigenvalue weighted by atomic mass is 35.5. The maximum atomic E-state index is 12.4. The van der Waals surface area contributed by atoms with E-state index in [0.717, 1.165) is 53.8 Å². The average molecular weight is 511 g/mol. The Morgan fingerprint density at radius 2 is 1.95 bits per heavy atom. The van der Waals surface area contributed by atoms with Gasteiger partial charge in [-0.05, 0) is 73.9 Å². The molecule has 37 heavy (non-hydrogen) atoms. The first-order valence-electron chi connectivity index (χ1n) is 12.6. The van der Waals surface area contributed by atoms with Crippen molar-refractivity contribution in [3.63, 3.8) is 0 Å². The van der Waals surface area contributed by atoms with Crippen LogP contribution in [0.1, 0.15) is 41.7 Å². The van der Waals surface area contributed by atoms with E-state index in [9.17, 15) is 4.79 Å². The number of nitriles is 1. The fraction of sp³-hybridized carbons (Fsp3) is 0.276. The zero-order valence-corrected chi connectivity index (χ0v) is 21.2. The predicted octanol–water partition coefficient (Wildman–Crippen LogP) is 6.00. The van der Waals surface area contributed by atoms with Gasteiger partial charge in [-0.1, -0.05) is 11.6 Å². The second-order valence-electron chi connectivity index (χ2n) is 9.68. The molecule has 3 heterocycles. The van der Waals surface area contributed by atoms with Crippen LogP contribution in [0.5, 0.6) is 0 Å². The van der Waals surface area contributed by atoms with Crippen molar-refractivity contribution in [1.29, 1.82) is 5.26 Å². The first-order valence-corrected chi connectivity index (χ1v) is 13.0. The molecule has 0 unspecified atom stereocenters. The normalized spacial score (nSPS) is 14.6. The molecule has 1 N–H and O–H groups in total. The van der Waals surface area contributed by atoms with Crippen molar-refractivity contribution < 1.29 is 4.79 Å². The predicted molar refractivity (Wildman–Crippen MR) is 146 cm³/mol. The molecule has 1 amide bonds. The lowest BCUT2D eigenvalue weighted by Crippen LogP contribution is -2.28. The number of unbranched alkanes of at least 4 members (excludes halogenated alkanes) is 1. The van der Waals surface area contributed by atoms with Crippen LogP contribution in [0.4, 0.5) is 17.1 Å². The van der Waals surface area contributed by atoms with Gasteiger partial charge in [0.1, 0.15) is 0 Å². The van der Waals surface area contributed by atoms with E-state index in [1.165, 1.54) is 5.69 Å². The largest absolute Gasteiger partial charge is 0.349 e. The van der Waals surface area contributed by atoms with E-state index in [2.05, 4.69) is 42.9 Å². The molecule has 1 aliphatic heterocycles. The van der Waals surface area contributed by atoms with E-state index in [0.29, 0.717) is 36.3 Å². The highest BCUT2D eigenvalue weighted by Crippen LogP contribution is 2.41. The molecule has 0 radical (unpaired) electrons. The number of aromatic nitrogens is 2. The minimum atomic E-state index is -0.00831. The van der Waals surface area contributed by atoms with Crippen LogP contribution in [0.3, 0.4) is 0 Å². The van der Waals surface area contributed by atoms with E-state index in [1.54, 1.807) is 0 Å². The third-order valence-electron chi connectivity index (χ3n) is 7.05. The number of hydrogen-bond donors (Lipinski definition) is 1. The van der Waals surface area contributed by atoms with E-state index in [1.807, 2.05) is 54.9 Å². The summed E-state index contributed by atoms with van der Waals surface area (Å²) in [5.74, 6) is -0.00831. The smallest absolute Gasteiger partial charge is 0.251 e. The topological polar surface area (TPSA) is 77.2 Å². The van der Waals surface area contributed by atoms with Crippen molar-refractivity contribution in [3.8, 4) is 6.07 Å². The van der Waals surface area contributed by atoms with Gasteiger partial charge in [0.2, 0.25) is 0 Å². The van der Waals surface area contributed by atoms with Gasteiger partial charge in [0.25, 0.3) is 5.91 Å². The molecule has 186 valence electrons. The summed E-state index contributed by atoms with van der Waals surface area (Å²) in [6, 6.07) is 20.6. The van der Waals surface area contributed by atoms with Crippen LogP contribution in [0.25, 0.3) is 10.9 Å². The number of fused-ring (bicyclic) bond motifs is 2. The number of nitrogens with zero attached hydrogens (tertiary/aromatic N) is 5. The summed E-state index contributed by atoms with van der Waals surface area (Å²) >= 11 is 6.29. The van der Waals surface area contributed by atoms with Gasteiger partial charge in [0.15, 0.2) is 0 Å². The molecule has 1 saturated carbocycles. The van der Waals surface area contributed by atoms with Crippen LogP contribution in [0.2, 0.25) is 5.02 Å². The number of nitrogens with one attached hydrogen (secondary N) is 1. The summed E-state index contributed by atoms with van der Waals surface area (Å²) in [5, 5.41) is 13.9. The number of pyridine rings is 1. The summed E-state index contributed by atoms with van der Waals surface area (Å²) in [7, 11) is 0. The van der Waals surface area contributed by atoms with Crippen LogP contribution < -0.4 is 15.1 Å². The summed E-state index contributed by atoms with van der Waals surface area (Å²) in [5.41, 5.74) is 6.14. The molecule has 0 spiro atoms. The average Bonchev–Trinajstić information content (AvgIpc) is 3.57. The molecule has 6 rings (SSSR count). The van der Waals surface area contributed by atoms with Crippen molar-refractivity contribution in [2.75, 3.05) is 16.5 Å². The molecule has 0 atom stereocenters. The number of rotatable bonds is 8. The Morgan fingerprint density at radius 3 is 2.73 bits per heavy atom. The number of halogens is 1. The second kappa shape index (κ2) is 9.79. The van der Waals surface area contributed by atoms with Gasteiger partial charge in [-0.25, -0.2) is 0 Å². The Hall–Kier alpha value is -4.02. The quantitative estimate of drug-likeness (QED) is 0.294. The van der Waals surface area contributed by atoms with Crippen molar-refractivity contribution in [2.24, 2.45) is 0 Å². The summed E-state index contributed by atoms with van der Waals surface area (Å²) in [6.07, 6.45) is 7.18. The van der Waals surface area contributed by atoms with E-state index >= 15 is 0 Å². The number of anilines is 3. The first-order chi connectivity index (χ1) is 18.1. The summed E-state index contributed by atoms with van der Waals surface area (Å²) < 4.78 is 2.30. The van der Waals surface area contributed by atoms with E-state index < -0.39 is 0 Å². The molecule has 2 aromatic carbocycles. The first kappa shape index (κ1) is 23.4. The number of aryl methyl sites for hydroxylation is 1. The zero-order chi connectivity index (χ0) is 25.4. The Balaban J connectivity index is 1.28. The molecule has 1 fully saturated rings. The fourth-order valence-electron chi connectivity index (χ4n) is 5.02. The standard InChI is InChI=1S/C29H27ClN6O/c30-22-5-10-26-21(15-22)16-25(35(26)14-2-1-12-31)18-34-19-36(27-11-13-32-17-28(27)34)24-8-3-20(4-9-24)29(37)33-23-6-7-23/h3-5,8-11,13,15-17,23H,1-2,6-7,14,18-19H2,(H,33,37). The molecule has 8 heteroatoms. The molecule has 7 nitrogen and oxygen atoms in total. The Labute approximate surface area is 220 Å². The van der Waals surface area contributed by atoms with Crippen LogP contribution in [0.15, 0.2) is 67.0 Å². The molecule has 2 aromatic heterocycles. The second-order valence-corrected chi connectivity index (χ2v) is 10.1. The zero-order valence-electron chi connectivity index (χ0n) is 20.4. The van der Waals surface area contributed by atoms with Crippen LogP contribution in [-0.2, 0) is 13.1 Å². The number of benzene rings is 2. The number of hydrogen-bond acceptors (Lipinski definition) is 5. The molecule has 0 bridgehead atoms. The molecular formula is C29H27ClN6O. The van der Waals surface area contributed by atoms with Gasteiger partial charge >= 0.3 is 0 Å². The molecule has 4 aromatic rings. The van der Waals surface area contributed by atoms with Gasteiger partial charge < -0.3 is 19.7 Å². The van der Waals surface area contributed by atoms with Gasteiger partial charge in [0, 0.05) is 58.1 Å². The van der Waals surface area contributed by atoms with E-state index in [-0.39, 0.29) is 5.91 Å². The third kappa shape index (κ3) is 4.73. The van der Waals surface area contributed by atoms with Crippen molar-refractivity contribution in [2.45, 2.75) is 44.8 Å². The molecule has 1 aliphatic carbocycles. The summed E-state index contributed by atoms with van der Waals surface area (Å²) in [4.78, 5) is 21.4. The van der Waals surface area contributed by atoms with E-state index in [4.69, 9.17) is 16.9 Å². The maximum absolute atomic E-state index is 12.4. The van der Waals surface area contributed by atoms with Crippen molar-refractivity contribution >= 4 is 45.5 Å². The Morgan fingerprint density at radius 1 is 1.11 bits per heavy atom. The van der Waals surface area contributed by atoms with Crippen LogP contribution in [-0.4, -0.2) is 28.2 Å². The minimum absolute atomic E-state index is 0.00831. The van der Waals surface area contributed by atoms with Gasteiger partial charge in [-0.15, -0.1) is 0 Å². The SMILES string of the molecule is N#CCCCn1c(CN2CN(c3ccc(C(=O)NC4CC4)cc3)c3ccncc32)cc2cc(Cl)ccc21. The van der Waals surface area contributed by atoms with Crippen molar-refractivity contribution in [1.82, 2.24) is 14.9 Å². The Kier molecular flexibility index (Phi) is 6.19. The number of carbonyl (C=O) groups is 1. The monoisotopic (exact) mass is 510 g/mol. The highest BCUT2D eigenvalue weighted by Gasteiger charge is 2.29. The van der Waals surface area contributed by atoms with Gasteiger partial charge in [-0.2, -0.15) is 5.26 Å². The number of amides is 1. The molecule has 0 saturated heterocycles. The van der Waals surface area contributed by atoms with Crippen molar-refractivity contribution in [3.05, 3.63) is 83.3 Å². The lowest BCUT2D eigenvalue weighted by molar-refractivity contribution is 0.0951. The lowest BCUT2D eigenvalue weighted by Gasteiger charge is -2.23.